The Bertz CT molecular complexity index is 1060. The first kappa shape index (κ1) is 26.0. The first-order chi connectivity index (χ1) is 15.3. The minimum absolute atomic E-state index is 0.0318. The number of rotatable bonds is 7. The maximum Gasteiger partial charge on any atom is 0.416 e. The van der Waals surface area contributed by atoms with Crippen LogP contribution in [0.4, 0.5) is 23.7 Å². The van der Waals surface area contributed by atoms with Crippen molar-refractivity contribution in [2.24, 2.45) is 7.05 Å². The Kier molecular flexibility index (Phi) is 7.94. The fraction of sp³-hybridized carbons (Fsp3) is 0.435. The molecule has 0 unspecified atom stereocenters. The summed E-state index contributed by atoms with van der Waals surface area (Å²) in [5, 5.41) is 2.46. The lowest BCUT2D eigenvalue weighted by atomic mass is 10.00. The van der Waals surface area contributed by atoms with Crippen LogP contribution < -0.4 is 5.32 Å². The first-order valence-electron chi connectivity index (χ1n) is 10.4. The second kappa shape index (κ2) is 10.1. The van der Waals surface area contributed by atoms with E-state index in [1.165, 1.54) is 24.1 Å². The highest BCUT2D eigenvalue weighted by Crippen LogP contribution is 2.31. The van der Waals surface area contributed by atoms with Gasteiger partial charge < -0.3 is 19.5 Å². The summed E-state index contributed by atoms with van der Waals surface area (Å²) >= 11 is 0. The number of halogens is 3. The molecule has 1 atom stereocenters. The number of benzene rings is 1. The Morgan fingerprint density at radius 2 is 1.85 bits per heavy atom. The molecule has 2 amide bonds. The number of esters is 1. The first-order valence-corrected chi connectivity index (χ1v) is 10.4. The zero-order valence-corrected chi connectivity index (χ0v) is 19.5. The smallest absolute Gasteiger partial charge is 0.416 e. The van der Waals surface area contributed by atoms with Gasteiger partial charge in [-0.3, -0.25) is 4.79 Å². The Morgan fingerprint density at radius 3 is 2.39 bits per heavy atom. The molecule has 1 aromatic carbocycles. The van der Waals surface area contributed by atoms with Crippen molar-refractivity contribution in [2.45, 2.75) is 46.3 Å². The zero-order chi connectivity index (χ0) is 25.1. The van der Waals surface area contributed by atoms with E-state index in [1.807, 2.05) is 6.92 Å². The van der Waals surface area contributed by atoms with Crippen molar-refractivity contribution in [2.75, 3.05) is 19.0 Å². The maximum atomic E-state index is 13.4. The van der Waals surface area contributed by atoms with E-state index in [-0.39, 0.29) is 23.7 Å². The van der Waals surface area contributed by atoms with Crippen molar-refractivity contribution in [3.8, 4) is 0 Å². The molecule has 0 fully saturated rings. The van der Waals surface area contributed by atoms with E-state index in [2.05, 4.69) is 5.32 Å². The molecule has 1 N–H and O–H groups in total. The number of hydrogen-bond acceptors (Lipinski definition) is 4. The van der Waals surface area contributed by atoms with Gasteiger partial charge >= 0.3 is 18.2 Å². The van der Waals surface area contributed by atoms with Gasteiger partial charge in [0.05, 0.1) is 18.7 Å². The second-order valence-electron chi connectivity index (χ2n) is 7.73. The number of hydrogen-bond donors (Lipinski definition) is 1. The summed E-state index contributed by atoms with van der Waals surface area (Å²) in [6.07, 6.45) is -4.03. The lowest BCUT2D eigenvalue weighted by Gasteiger charge is -2.28. The van der Waals surface area contributed by atoms with Crippen LogP contribution in [0.15, 0.2) is 24.3 Å². The molecule has 180 valence electrons. The molecule has 2 aromatic rings. The number of ether oxygens (including phenoxy) is 1. The Morgan fingerprint density at radius 1 is 1.21 bits per heavy atom. The lowest BCUT2D eigenvalue weighted by molar-refractivity contribution is -0.137. The van der Waals surface area contributed by atoms with Gasteiger partial charge in [0.1, 0.15) is 5.69 Å². The highest BCUT2D eigenvalue weighted by Gasteiger charge is 2.33. The molecule has 0 saturated heterocycles. The molecule has 10 heteroatoms. The van der Waals surface area contributed by atoms with Crippen molar-refractivity contribution in [3.63, 3.8) is 0 Å². The maximum absolute atomic E-state index is 13.4. The SMILES string of the molecule is CCCN(C(=O)Nc1cccc(C(F)(F)F)c1)[C@H](C)C(=O)c1c(C)c(C(=O)OC)n(C)c1C. The van der Waals surface area contributed by atoms with Gasteiger partial charge in [-0.25, -0.2) is 9.59 Å². The van der Waals surface area contributed by atoms with Crippen molar-refractivity contribution < 1.29 is 32.3 Å². The lowest BCUT2D eigenvalue weighted by Crippen LogP contribution is -2.46. The third-order valence-electron chi connectivity index (χ3n) is 5.57. The number of amides is 2. The van der Waals surface area contributed by atoms with E-state index >= 15 is 0 Å². The zero-order valence-electron chi connectivity index (χ0n) is 19.5. The van der Waals surface area contributed by atoms with Crippen LogP contribution in [-0.4, -0.2) is 46.9 Å². The summed E-state index contributed by atoms with van der Waals surface area (Å²) < 4.78 is 45.4. The molecular weight excluding hydrogens is 439 g/mol. The standard InChI is InChI=1S/C23H28F3N3O4/c1-7-11-29(22(32)27-17-10-8-9-16(12-17)23(24,25)26)15(4)20(30)18-13(2)19(21(31)33-6)28(5)14(18)3/h8-10,12,15H,7,11H2,1-6H3,(H,27,32)/t15-/m1/s1. The normalized spacial score (nSPS) is 12.3. The topological polar surface area (TPSA) is 80.6 Å². The highest BCUT2D eigenvalue weighted by atomic mass is 19.4. The third-order valence-corrected chi connectivity index (χ3v) is 5.57. The molecule has 0 radical (unpaired) electrons. The average molecular weight is 467 g/mol. The summed E-state index contributed by atoms with van der Waals surface area (Å²) in [5.74, 6) is -0.971. The van der Waals surface area contributed by atoms with Gasteiger partial charge in [-0.2, -0.15) is 13.2 Å². The fourth-order valence-corrected chi connectivity index (χ4v) is 3.76. The summed E-state index contributed by atoms with van der Waals surface area (Å²) in [7, 11) is 2.88. The van der Waals surface area contributed by atoms with E-state index in [0.717, 1.165) is 12.1 Å². The number of methoxy groups -OCH3 is 1. The number of nitrogens with one attached hydrogen (secondary N) is 1. The summed E-state index contributed by atoms with van der Waals surface area (Å²) in [6.45, 7) is 6.88. The van der Waals surface area contributed by atoms with Crippen LogP contribution in [0.3, 0.4) is 0 Å². The van der Waals surface area contributed by atoms with Crippen molar-refractivity contribution in [1.29, 1.82) is 0 Å². The van der Waals surface area contributed by atoms with Crippen LogP contribution in [0.25, 0.3) is 0 Å². The number of carbonyl (C=O) groups is 3. The predicted octanol–water partition coefficient (Wildman–Crippen LogP) is 4.96. The number of aromatic nitrogens is 1. The average Bonchev–Trinajstić information content (AvgIpc) is 2.98. The molecule has 1 aromatic heterocycles. The number of alkyl halides is 3. The van der Waals surface area contributed by atoms with Crippen LogP contribution in [0, 0.1) is 13.8 Å². The molecule has 7 nitrogen and oxygen atoms in total. The van der Waals surface area contributed by atoms with Crippen molar-refractivity contribution in [3.05, 3.63) is 52.3 Å². The Hall–Kier alpha value is -3.30. The van der Waals surface area contributed by atoms with Gasteiger partial charge in [-0.05, 0) is 51.0 Å². The summed E-state index contributed by atoms with van der Waals surface area (Å²) in [4.78, 5) is 39.7. The summed E-state index contributed by atoms with van der Waals surface area (Å²) in [6, 6.07) is 2.66. The molecule has 0 spiro atoms. The van der Waals surface area contributed by atoms with Crippen LogP contribution >= 0.6 is 0 Å². The number of nitrogens with zero attached hydrogens (tertiary/aromatic N) is 2. The largest absolute Gasteiger partial charge is 0.464 e. The van der Waals surface area contributed by atoms with E-state index in [4.69, 9.17) is 4.74 Å². The van der Waals surface area contributed by atoms with Gasteiger partial charge in [0.2, 0.25) is 0 Å². The number of anilines is 1. The van der Waals surface area contributed by atoms with Crippen LogP contribution in [0.2, 0.25) is 0 Å². The van der Waals surface area contributed by atoms with Crippen molar-refractivity contribution in [1.82, 2.24) is 9.47 Å². The quantitative estimate of drug-likeness (QED) is 0.461. The van der Waals surface area contributed by atoms with E-state index in [1.54, 1.807) is 32.4 Å². The molecular formula is C23H28F3N3O4. The molecule has 1 heterocycles. The van der Waals surface area contributed by atoms with E-state index in [0.29, 0.717) is 23.2 Å². The van der Waals surface area contributed by atoms with Gasteiger partial charge in [0.15, 0.2) is 5.78 Å². The number of Topliss-reactive ketones (excluding diaryl/α,β-unsaturated/α-hetero) is 1. The highest BCUT2D eigenvalue weighted by molar-refractivity contribution is 6.07. The molecule has 0 saturated carbocycles. The van der Waals surface area contributed by atoms with Crippen molar-refractivity contribution >= 4 is 23.5 Å². The number of urea groups is 1. The number of carbonyl (C=O) groups excluding carboxylic acids is 3. The molecule has 0 aliphatic heterocycles. The molecule has 0 aliphatic rings. The monoisotopic (exact) mass is 467 g/mol. The minimum atomic E-state index is -4.55. The van der Waals surface area contributed by atoms with Crippen LogP contribution in [0.1, 0.15) is 57.9 Å². The second-order valence-corrected chi connectivity index (χ2v) is 7.73. The Balaban J connectivity index is 2.36. The van der Waals surface area contributed by atoms with E-state index in [9.17, 15) is 27.6 Å². The van der Waals surface area contributed by atoms with Crippen LogP contribution in [0.5, 0.6) is 0 Å². The molecule has 0 aliphatic carbocycles. The minimum Gasteiger partial charge on any atom is -0.464 e. The number of ketones is 1. The van der Waals surface area contributed by atoms with Gasteiger partial charge in [-0.15, -0.1) is 0 Å². The third kappa shape index (κ3) is 5.37. The predicted molar refractivity (Wildman–Crippen MR) is 117 cm³/mol. The van der Waals surface area contributed by atoms with Crippen LogP contribution in [-0.2, 0) is 18.0 Å². The fourth-order valence-electron chi connectivity index (χ4n) is 3.76. The molecule has 2 rings (SSSR count). The van der Waals surface area contributed by atoms with E-state index < -0.39 is 29.8 Å². The molecule has 0 bridgehead atoms. The molecule has 33 heavy (non-hydrogen) atoms. The van der Waals surface area contributed by atoms with Gasteiger partial charge in [0, 0.05) is 30.5 Å². The Labute approximate surface area is 190 Å². The summed E-state index contributed by atoms with van der Waals surface area (Å²) in [5.41, 5.74) is 0.597. The van der Waals surface area contributed by atoms with Gasteiger partial charge in [0.25, 0.3) is 0 Å². The van der Waals surface area contributed by atoms with Gasteiger partial charge in [-0.1, -0.05) is 13.0 Å².